The van der Waals surface area contributed by atoms with E-state index >= 15 is 0 Å². The van der Waals surface area contributed by atoms with Crippen LogP contribution in [0.4, 0.5) is 5.88 Å². The van der Waals surface area contributed by atoms with Crippen LogP contribution in [0.2, 0.25) is 0 Å². The molecule has 0 radical (unpaired) electrons. The second-order valence-electron chi connectivity index (χ2n) is 7.10. The summed E-state index contributed by atoms with van der Waals surface area (Å²) in [4.78, 5) is 17.0. The van der Waals surface area contributed by atoms with E-state index < -0.39 is 0 Å². The Morgan fingerprint density at radius 1 is 0.893 bits per heavy atom. The average Bonchev–Trinajstić information content (AvgIpc) is 2.93. The second-order valence-corrected chi connectivity index (χ2v) is 8.15. The molecule has 1 saturated heterocycles. The van der Waals surface area contributed by atoms with E-state index in [1.54, 1.807) is 23.9 Å². The normalized spacial score (nSPS) is 16.2. The molecular formula is C23H21NO3S. The smallest absolute Gasteiger partial charge is 0.200 e. The van der Waals surface area contributed by atoms with Gasteiger partial charge in [-0.3, -0.25) is 4.79 Å². The Morgan fingerprint density at radius 3 is 2.57 bits per heavy atom. The van der Waals surface area contributed by atoms with Crippen LogP contribution < -0.4 is 10.3 Å². The molecule has 1 aromatic heterocycles. The highest BCUT2D eigenvalue weighted by Crippen LogP contribution is 2.42. The van der Waals surface area contributed by atoms with Crippen molar-refractivity contribution in [1.82, 2.24) is 0 Å². The van der Waals surface area contributed by atoms with Crippen molar-refractivity contribution in [3.63, 3.8) is 0 Å². The number of fused-ring (bicyclic) bond motifs is 2. The lowest BCUT2D eigenvalue weighted by Crippen LogP contribution is -2.36. The van der Waals surface area contributed by atoms with Gasteiger partial charge in [-0.15, -0.1) is 0 Å². The summed E-state index contributed by atoms with van der Waals surface area (Å²) >= 11 is 1.78. The zero-order valence-corrected chi connectivity index (χ0v) is 16.3. The summed E-state index contributed by atoms with van der Waals surface area (Å²) in [5.74, 6) is 1.26. The van der Waals surface area contributed by atoms with E-state index in [1.165, 1.54) is 20.9 Å². The van der Waals surface area contributed by atoms with Crippen LogP contribution >= 0.6 is 11.8 Å². The first-order valence-electron chi connectivity index (χ1n) is 9.64. The Kier molecular flexibility index (Phi) is 4.71. The largest absolute Gasteiger partial charge is 0.440 e. The average molecular weight is 391 g/mol. The lowest BCUT2D eigenvalue weighted by atomic mass is 10.0. The van der Waals surface area contributed by atoms with Crippen LogP contribution in [0.5, 0.6) is 0 Å². The topological polar surface area (TPSA) is 42.7 Å². The Bertz CT molecular complexity index is 1070. The maximum Gasteiger partial charge on any atom is 0.200 e. The first-order valence-corrected chi connectivity index (χ1v) is 10.5. The van der Waals surface area contributed by atoms with Crippen molar-refractivity contribution in [3.8, 4) is 11.3 Å². The molecule has 5 heteroatoms. The third-order valence-corrected chi connectivity index (χ3v) is 6.59. The Balaban J connectivity index is 1.60. The molecule has 3 aromatic rings. The molecule has 0 atom stereocenters. The van der Waals surface area contributed by atoms with Gasteiger partial charge in [-0.2, -0.15) is 0 Å². The highest BCUT2D eigenvalue weighted by atomic mass is 32.2. The lowest BCUT2D eigenvalue weighted by molar-refractivity contribution is 0.120. The zero-order valence-electron chi connectivity index (χ0n) is 15.5. The summed E-state index contributed by atoms with van der Waals surface area (Å²) in [5, 5.41) is 0. The van der Waals surface area contributed by atoms with E-state index in [4.69, 9.17) is 9.15 Å². The monoisotopic (exact) mass is 391 g/mol. The molecule has 0 N–H and O–H groups in total. The molecule has 0 unspecified atom stereocenters. The number of benzene rings is 2. The molecule has 142 valence electrons. The molecule has 28 heavy (non-hydrogen) atoms. The quantitative estimate of drug-likeness (QED) is 0.648. The molecule has 0 aliphatic carbocycles. The van der Waals surface area contributed by atoms with Gasteiger partial charge in [0.1, 0.15) is 5.76 Å². The first-order chi connectivity index (χ1) is 13.8. The first kappa shape index (κ1) is 17.6. The Labute approximate surface area is 168 Å². The van der Waals surface area contributed by atoms with E-state index in [-0.39, 0.29) is 5.43 Å². The van der Waals surface area contributed by atoms with E-state index in [0.717, 1.165) is 31.5 Å². The van der Waals surface area contributed by atoms with Crippen molar-refractivity contribution in [2.45, 2.75) is 22.6 Å². The number of rotatable bonds is 2. The van der Waals surface area contributed by atoms with Crippen molar-refractivity contribution < 1.29 is 9.15 Å². The summed E-state index contributed by atoms with van der Waals surface area (Å²) in [6.07, 6.45) is 2.01. The van der Waals surface area contributed by atoms with Gasteiger partial charge in [0.05, 0.1) is 13.2 Å². The molecule has 0 saturated carbocycles. The van der Waals surface area contributed by atoms with Gasteiger partial charge in [0.2, 0.25) is 0 Å². The van der Waals surface area contributed by atoms with E-state index in [2.05, 4.69) is 47.4 Å². The van der Waals surface area contributed by atoms with Gasteiger partial charge in [-0.1, -0.05) is 48.2 Å². The number of ether oxygens (including phenoxy) is 1. The molecule has 4 nitrogen and oxygen atoms in total. The molecule has 1 fully saturated rings. The minimum absolute atomic E-state index is 0.0284. The van der Waals surface area contributed by atoms with Gasteiger partial charge in [0.15, 0.2) is 11.3 Å². The van der Waals surface area contributed by atoms with E-state index in [9.17, 15) is 4.79 Å². The summed E-state index contributed by atoms with van der Waals surface area (Å²) in [6, 6.07) is 18.0. The van der Waals surface area contributed by atoms with Gasteiger partial charge < -0.3 is 14.1 Å². The third kappa shape index (κ3) is 3.36. The van der Waals surface area contributed by atoms with Gasteiger partial charge in [-0.05, 0) is 30.0 Å². The summed E-state index contributed by atoms with van der Waals surface area (Å²) in [7, 11) is 0. The summed E-state index contributed by atoms with van der Waals surface area (Å²) < 4.78 is 11.7. The molecule has 2 aliphatic rings. The molecule has 0 amide bonds. The Hall–Kier alpha value is -2.50. The predicted octanol–water partition coefficient (Wildman–Crippen LogP) is 4.39. The number of anilines is 1. The van der Waals surface area contributed by atoms with Crippen molar-refractivity contribution >= 4 is 17.6 Å². The van der Waals surface area contributed by atoms with Gasteiger partial charge in [0.25, 0.3) is 0 Å². The number of hydrogen-bond donors (Lipinski definition) is 0. The highest BCUT2D eigenvalue weighted by Gasteiger charge is 2.20. The van der Waals surface area contributed by atoms with Crippen LogP contribution in [-0.4, -0.2) is 26.3 Å². The lowest BCUT2D eigenvalue weighted by Gasteiger charge is -2.27. The van der Waals surface area contributed by atoms with Crippen molar-refractivity contribution in [2.24, 2.45) is 0 Å². The van der Waals surface area contributed by atoms with Crippen LogP contribution in [0.15, 0.2) is 73.6 Å². The van der Waals surface area contributed by atoms with Crippen LogP contribution in [0, 0.1) is 0 Å². The molecule has 5 rings (SSSR count). The molecule has 3 heterocycles. The maximum absolute atomic E-state index is 12.4. The number of morpholine rings is 1. The SMILES string of the molecule is O=c1cc(-c2cccc3c2Sc2ccccc2CC3)oc(N2CCOCC2)c1. The van der Waals surface area contributed by atoms with Crippen molar-refractivity contribution in [3.05, 3.63) is 75.9 Å². The molecule has 0 spiro atoms. The fraction of sp³-hybridized carbons (Fsp3) is 0.261. The molecule has 0 bridgehead atoms. The maximum atomic E-state index is 12.4. The van der Waals surface area contributed by atoms with Crippen LogP contribution in [0.1, 0.15) is 11.1 Å². The number of hydrogen-bond acceptors (Lipinski definition) is 5. The predicted molar refractivity (Wildman–Crippen MR) is 111 cm³/mol. The van der Waals surface area contributed by atoms with Crippen molar-refractivity contribution in [1.29, 1.82) is 0 Å². The van der Waals surface area contributed by atoms with Crippen LogP contribution in [0.3, 0.4) is 0 Å². The zero-order chi connectivity index (χ0) is 18.9. The van der Waals surface area contributed by atoms with Gasteiger partial charge in [-0.25, -0.2) is 0 Å². The summed E-state index contributed by atoms with van der Waals surface area (Å²) in [5.41, 5.74) is 3.64. The summed E-state index contributed by atoms with van der Waals surface area (Å²) in [6.45, 7) is 2.78. The van der Waals surface area contributed by atoms with E-state index in [1.807, 2.05) is 0 Å². The van der Waals surface area contributed by atoms with Crippen LogP contribution in [0.25, 0.3) is 11.3 Å². The molecule has 2 aliphatic heterocycles. The standard InChI is InChI=1S/C23H21NO3S/c25-18-14-20(27-22(15-18)24-10-12-26-13-11-24)19-6-3-5-17-9-8-16-4-1-2-7-21(16)28-23(17)19/h1-7,14-15H,8-13H2. The fourth-order valence-electron chi connectivity index (χ4n) is 3.82. The van der Waals surface area contributed by atoms with Crippen LogP contribution in [-0.2, 0) is 17.6 Å². The second kappa shape index (κ2) is 7.49. The highest BCUT2D eigenvalue weighted by molar-refractivity contribution is 7.99. The number of nitrogens with zero attached hydrogens (tertiary/aromatic N) is 1. The fourth-order valence-corrected chi connectivity index (χ4v) is 5.07. The Morgan fingerprint density at radius 2 is 1.68 bits per heavy atom. The minimum atomic E-state index is -0.0284. The van der Waals surface area contributed by atoms with Gasteiger partial charge >= 0.3 is 0 Å². The van der Waals surface area contributed by atoms with E-state index in [0.29, 0.717) is 24.9 Å². The molecular weight excluding hydrogens is 370 g/mol. The number of aryl methyl sites for hydroxylation is 2. The van der Waals surface area contributed by atoms with Gasteiger partial charge in [0, 0.05) is 40.6 Å². The minimum Gasteiger partial charge on any atom is -0.440 e. The van der Waals surface area contributed by atoms with Crippen molar-refractivity contribution in [2.75, 3.05) is 31.2 Å². The molecule has 2 aromatic carbocycles. The third-order valence-electron chi connectivity index (χ3n) is 5.29.